The third kappa shape index (κ3) is 7.41. The maximum Gasteiger partial charge on any atom is 0.0558 e. The van der Waals surface area contributed by atoms with Crippen LogP contribution in [0.3, 0.4) is 0 Å². The summed E-state index contributed by atoms with van der Waals surface area (Å²) in [5.74, 6) is 0.185. The molecule has 11 rings (SSSR count). The molecule has 0 saturated carbocycles. The molecule has 0 aliphatic rings. The van der Waals surface area contributed by atoms with Crippen molar-refractivity contribution in [1.82, 2.24) is 9.13 Å². The van der Waals surface area contributed by atoms with Gasteiger partial charge in [-0.2, -0.15) is 0 Å². The first-order valence-corrected chi connectivity index (χ1v) is 22.6. The molecule has 0 amide bonds. The second kappa shape index (κ2) is 17.2. The largest absolute Gasteiger partial charge is 0.313 e. The molecule has 0 N–H and O–H groups in total. The van der Waals surface area contributed by atoms with E-state index in [2.05, 4.69) is 271 Å². The molecule has 2 heterocycles. The Morgan fingerprint density at radius 3 is 1.63 bits per heavy atom. The predicted molar refractivity (Wildman–Crippen MR) is 276 cm³/mol. The lowest BCUT2D eigenvalue weighted by Crippen LogP contribution is -2.10. The summed E-state index contributed by atoms with van der Waals surface area (Å²) < 4.78 is 4.80. The van der Waals surface area contributed by atoms with Gasteiger partial charge < -0.3 is 14.0 Å². The average Bonchev–Trinajstić information content (AvgIpc) is 3.85. The standard InChI is InChI=1S/C62H49N3/c1-3-18-55-44(2)63(50-21-10-5-11-22-50)62-43-54(38-40-57(55)62)64(51-23-12-6-13-24-51)53-36-33-47(34-37-53)46-31-29-45(30-32-46)41-59(48-19-8-4-9-20-48)49-35-39-58-56-27-16-17-28-60(56)65(61(58)42-49)52-25-14-7-15-26-52/h3-40,42-43,59H,41H2,1-2H3/b18-3-. The van der Waals surface area contributed by atoms with Crippen molar-refractivity contribution in [3.63, 3.8) is 0 Å². The quantitative estimate of drug-likeness (QED) is 0.126. The number of anilines is 3. The van der Waals surface area contributed by atoms with Crippen molar-refractivity contribution in [2.24, 2.45) is 0 Å². The molecule has 0 aliphatic heterocycles. The zero-order chi connectivity index (χ0) is 43.7. The fourth-order valence-corrected chi connectivity index (χ4v) is 9.92. The molecule has 0 saturated heterocycles. The predicted octanol–water partition coefficient (Wildman–Crippen LogP) is 16.6. The van der Waals surface area contributed by atoms with Gasteiger partial charge >= 0.3 is 0 Å². The van der Waals surface area contributed by atoms with Crippen molar-refractivity contribution in [2.75, 3.05) is 4.90 Å². The molecule has 9 aromatic carbocycles. The lowest BCUT2D eigenvalue weighted by Gasteiger charge is -2.26. The van der Waals surface area contributed by atoms with Gasteiger partial charge in [-0.3, -0.25) is 0 Å². The Labute approximate surface area is 381 Å². The number of para-hydroxylation sites is 4. The van der Waals surface area contributed by atoms with E-state index in [1.807, 2.05) is 0 Å². The molecule has 0 fully saturated rings. The number of nitrogens with zero attached hydrogens (tertiary/aromatic N) is 3. The molecule has 0 bridgehead atoms. The maximum absolute atomic E-state index is 2.43. The number of rotatable bonds is 11. The monoisotopic (exact) mass is 835 g/mol. The van der Waals surface area contributed by atoms with Crippen LogP contribution in [0, 0.1) is 6.92 Å². The molecule has 65 heavy (non-hydrogen) atoms. The zero-order valence-corrected chi connectivity index (χ0v) is 36.7. The van der Waals surface area contributed by atoms with Crippen LogP contribution in [0.4, 0.5) is 17.1 Å². The first-order chi connectivity index (χ1) is 32.1. The summed E-state index contributed by atoms with van der Waals surface area (Å²) in [6.07, 6.45) is 5.25. The Morgan fingerprint density at radius 1 is 0.431 bits per heavy atom. The van der Waals surface area contributed by atoms with Crippen molar-refractivity contribution >= 4 is 55.8 Å². The molecule has 3 nitrogen and oxygen atoms in total. The van der Waals surface area contributed by atoms with E-state index in [-0.39, 0.29) is 5.92 Å². The molecule has 0 spiro atoms. The number of hydrogen-bond donors (Lipinski definition) is 0. The number of hydrogen-bond acceptors (Lipinski definition) is 1. The van der Waals surface area contributed by atoms with Crippen LogP contribution in [-0.2, 0) is 6.42 Å². The molecular formula is C62H49N3. The molecule has 1 atom stereocenters. The van der Waals surface area contributed by atoms with Gasteiger partial charge in [-0.15, -0.1) is 0 Å². The van der Waals surface area contributed by atoms with Crippen LogP contribution >= 0.6 is 0 Å². The topological polar surface area (TPSA) is 13.1 Å². The minimum Gasteiger partial charge on any atom is -0.313 e. The third-order valence-corrected chi connectivity index (χ3v) is 13.0. The van der Waals surface area contributed by atoms with E-state index in [0.717, 1.165) is 29.2 Å². The number of aromatic nitrogens is 2. The molecule has 0 aliphatic carbocycles. The van der Waals surface area contributed by atoms with Gasteiger partial charge in [0, 0.05) is 61.8 Å². The fourth-order valence-electron chi connectivity index (χ4n) is 9.92. The zero-order valence-electron chi connectivity index (χ0n) is 36.7. The van der Waals surface area contributed by atoms with Crippen LogP contribution in [0.2, 0.25) is 0 Å². The van der Waals surface area contributed by atoms with Gasteiger partial charge in [0.05, 0.1) is 16.6 Å². The van der Waals surface area contributed by atoms with Crippen molar-refractivity contribution in [2.45, 2.75) is 26.2 Å². The van der Waals surface area contributed by atoms with Crippen molar-refractivity contribution in [1.29, 1.82) is 0 Å². The second-order valence-electron chi connectivity index (χ2n) is 16.9. The fraction of sp³-hybridized carbons (Fsp3) is 0.0645. The van der Waals surface area contributed by atoms with E-state index in [9.17, 15) is 0 Å². The Balaban J connectivity index is 0.918. The molecular weight excluding hydrogens is 787 g/mol. The van der Waals surface area contributed by atoms with E-state index in [1.165, 1.54) is 77.5 Å². The first kappa shape index (κ1) is 39.7. The van der Waals surface area contributed by atoms with E-state index >= 15 is 0 Å². The molecule has 2 aromatic heterocycles. The summed E-state index contributed by atoms with van der Waals surface area (Å²) in [6, 6.07) is 84.0. The molecule has 11 aromatic rings. The highest BCUT2D eigenvalue weighted by Crippen LogP contribution is 2.41. The molecule has 1 unspecified atom stereocenters. The Morgan fingerprint density at radius 2 is 0.954 bits per heavy atom. The SMILES string of the molecule is C/C=C\c1c(C)n(-c2ccccc2)c2cc(N(c3ccccc3)c3ccc(-c4ccc(CC(c5ccccc5)c5ccc6c7ccccc7n(-c7ccccc7)c6c5)cc4)cc3)ccc12. The second-order valence-corrected chi connectivity index (χ2v) is 16.9. The van der Waals surface area contributed by atoms with E-state index in [1.54, 1.807) is 0 Å². The first-order valence-electron chi connectivity index (χ1n) is 22.6. The van der Waals surface area contributed by atoms with E-state index in [4.69, 9.17) is 0 Å². The maximum atomic E-state index is 2.43. The van der Waals surface area contributed by atoms with Crippen molar-refractivity contribution in [3.8, 4) is 22.5 Å². The van der Waals surface area contributed by atoms with Gasteiger partial charge in [0.15, 0.2) is 0 Å². The Bertz CT molecular complexity index is 3440. The average molecular weight is 836 g/mol. The van der Waals surface area contributed by atoms with Gasteiger partial charge in [0.2, 0.25) is 0 Å². The van der Waals surface area contributed by atoms with Crippen LogP contribution in [0.25, 0.3) is 61.3 Å². The number of fused-ring (bicyclic) bond motifs is 4. The van der Waals surface area contributed by atoms with Crippen LogP contribution < -0.4 is 4.90 Å². The van der Waals surface area contributed by atoms with Crippen LogP contribution in [0.15, 0.2) is 237 Å². The van der Waals surface area contributed by atoms with Crippen LogP contribution in [0.5, 0.6) is 0 Å². The summed E-state index contributed by atoms with van der Waals surface area (Å²) in [5, 5.41) is 3.79. The van der Waals surface area contributed by atoms with Gasteiger partial charge in [0.1, 0.15) is 0 Å². The van der Waals surface area contributed by atoms with Crippen LogP contribution in [-0.4, -0.2) is 9.13 Å². The minimum absolute atomic E-state index is 0.185. The van der Waals surface area contributed by atoms with Gasteiger partial charge in [-0.25, -0.2) is 0 Å². The summed E-state index contributed by atoms with van der Waals surface area (Å²) in [4.78, 5) is 2.36. The summed E-state index contributed by atoms with van der Waals surface area (Å²) in [7, 11) is 0. The van der Waals surface area contributed by atoms with Gasteiger partial charge in [-0.05, 0) is 121 Å². The smallest absolute Gasteiger partial charge is 0.0558 e. The normalized spacial score (nSPS) is 12.1. The highest BCUT2D eigenvalue weighted by molar-refractivity contribution is 6.09. The highest BCUT2D eigenvalue weighted by atomic mass is 15.1. The summed E-state index contributed by atoms with van der Waals surface area (Å²) >= 11 is 0. The highest BCUT2D eigenvalue weighted by Gasteiger charge is 2.21. The lowest BCUT2D eigenvalue weighted by molar-refractivity contribution is 0.806. The molecule has 0 radical (unpaired) electrons. The number of allylic oxidation sites excluding steroid dienone is 1. The minimum atomic E-state index is 0.185. The summed E-state index contributed by atoms with van der Waals surface area (Å²) in [5.41, 5.74) is 18.1. The number of benzene rings is 9. The third-order valence-electron chi connectivity index (χ3n) is 13.0. The van der Waals surface area contributed by atoms with E-state index in [0.29, 0.717) is 0 Å². The van der Waals surface area contributed by atoms with Crippen molar-refractivity contribution in [3.05, 3.63) is 265 Å². The molecule has 312 valence electrons. The van der Waals surface area contributed by atoms with E-state index < -0.39 is 0 Å². The van der Waals surface area contributed by atoms with Crippen LogP contribution in [0.1, 0.15) is 40.8 Å². The summed E-state index contributed by atoms with van der Waals surface area (Å²) in [6.45, 7) is 4.31. The molecule has 3 heteroatoms. The Kier molecular flexibility index (Phi) is 10.5. The lowest BCUT2D eigenvalue weighted by atomic mass is 9.85. The Hall–Kier alpha value is -8.14. The van der Waals surface area contributed by atoms with Gasteiger partial charge in [0.25, 0.3) is 0 Å². The van der Waals surface area contributed by atoms with Gasteiger partial charge in [-0.1, -0.05) is 170 Å². The van der Waals surface area contributed by atoms with Crippen molar-refractivity contribution < 1.29 is 0 Å².